The van der Waals surface area contributed by atoms with Gasteiger partial charge in [0.15, 0.2) is 0 Å². The zero-order chi connectivity index (χ0) is 14.0. The van der Waals surface area contributed by atoms with Gasteiger partial charge in [0.25, 0.3) is 0 Å². The van der Waals surface area contributed by atoms with E-state index < -0.39 is 0 Å². The summed E-state index contributed by atoms with van der Waals surface area (Å²) in [6, 6.07) is 8.77. The molecule has 0 aromatic heterocycles. The van der Waals surface area contributed by atoms with Crippen molar-refractivity contribution in [2.24, 2.45) is 5.92 Å². The van der Waals surface area contributed by atoms with Crippen molar-refractivity contribution in [3.63, 3.8) is 0 Å². The Morgan fingerprint density at radius 3 is 2.75 bits per heavy atom. The number of hydrogen-bond donors (Lipinski definition) is 1. The SMILES string of the molecule is CCCNCc1cccc(COCC2CCCCC2)c1. The predicted molar refractivity (Wildman–Crippen MR) is 84.7 cm³/mol. The standard InChI is InChI=1S/C18H29NO/c1-2-11-19-13-17-9-6-10-18(12-17)15-20-14-16-7-4-3-5-8-16/h6,9-10,12,16,19H,2-5,7-8,11,13-15H2,1H3. The van der Waals surface area contributed by atoms with Gasteiger partial charge in [-0.2, -0.15) is 0 Å². The maximum atomic E-state index is 5.92. The van der Waals surface area contributed by atoms with Crippen LogP contribution in [0.15, 0.2) is 24.3 Å². The number of hydrogen-bond acceptors (Lipinski definition) is 2. The molecule has 1 N–H and O–H groups in total. The van der Waals surface area contributed by atoms with E-state index in [0.29, 0.717) is 0 Å². The summed E-state index contributed by atoms with van der Waals surface area (Å²) in [5.74, 6) is 0.804. The maximum absolute atomic E-state index is 5.92. The molecule has 112 valence electrons. The second-order valence-electron chi connectivity index (χ2n) is 6.02. The van der Waals surface area contributed by atoms with Crippen molar-refractivity contribution in [2.75, 3.05) is 13.2 Å². The minimum atomic E-state index is 0.762. The maximum Gasteiger partial charge on any atom is 0.0717 e. The van der Waals surface area contributed by atoms with Crippen molar-refractivity contribution in [1.29, 1.82) is 0 Å². The van der Waals surface area contributed by atoms with Gasteiger partial charge in [0.2, 0.25) is 0 Å². The molecule has 1 aromatic carbocycles. The molecule has 0 amide bonds. The van der Waals surface area contributed by atoms with Crippen LogP contribution in [0.5, 0.6) is 0 Å². The first kappa shape index (κ1) is 15.5. The monoisotopic (exact) mass is 275 g/mol. The topological polar surface area (TPSA) is 21.3 Å². The van der Waals surface area contributed by atoms with Crippen LogP contribution in [0.3, 0.4) is 0 Å². The molecular weight excluding hydrogens is 246 g/mol. The fraction of sp³-hybridized carbons (Fsp3) is 0.667. The summed E-state index contributed by atoms with van der Waals surface area (Å²) < 4.78 is 5.92. The Labute approximate surface area is 123 Å². The molecule has 20 heavy (non-hydrogen) atoms. The third-order valence-corrected chi connectivity index (χ3v) is 4.09. The van der Waals surface area contributed by atoms with Crippen LogP contribution in [-0.4, -0.2) is 13.2 Å². The Balaban J connectivity index is 1.70. The van der Waals surface area contributed by atoms with Crippen LogP contribution >= 0.6 is 0 Å². The summed E-state index contributed by atoms with van der Waals surface area (Å²) in [5.41, 5.74) is 2.66. The molecule has 2 nitrogen and oxygen atoms in total. The highest BCUT2D eigenvalue weighted by atomic mass is 16.5. The van der Waals surface area contributed by atoms with Gasteiger partial charge >= 0.3 is 0 Å². The van der Waals surface area contributed by atoms with Gasteiger partial charge in [-0.05, 0) is 42.9 Å². The van der Waals surface area contributed by atoms with Crippen molar-refractivity contribution in [3.05, 3.63) is 35.4 Å². The third-order valence-electron chi connectivity index (χ3n) is 4.09. The Hall–Kier alpha value is -0.860. The molecule has 2 rings (SSSR count). The van der Waals surface area contributed by atoms with Crippen molar-refractivity contribution < 1.29 is 4.74 Å². The van der Waals surface area contributed by atoms with Crippen LogP contribution in [0.25, 0.3) is 0 Å². The van der Waals surface area contributed by atoms with Gasteiger partial charge in [-0.3, -0.25) is 0 Å². The molecule has 0 heterocycles. The minimum absolute atomic E-state index is 0.762. The summed E-state index contributed by atoms with van der Waals surface area (Å²) in [5, 5.41) is 3.45. The highest BCUT2D eigenvalue weighted by Gasteiger charge is 2.13. The zero-order valence-corrected chi connectivity index (χ0v) is 12.9. The van der Waals surface area contributed by atoms with Gasteiger partial charge in [0.05, 0.1) is 6.61 Å². The lowest BCUT2D eigenvalue weighted by Gasteiger charge is -2.21. The summed E-state index contributed by atoms with van der Waals surface area (Å²) >= 11 is 0. The molecule has 0 aliphatic heterocycles. The summed E-state index contributed by atoms with van der Waals surface area (Å²) in [6.45, 7) is 5.95. The van der Waals surface area contributed by atoms with E-state index in [2.05, 4.69) is 36.5 Å². The fourth-order valence-corrected chi connectivity index (χ4v) is 2.94. The smallest absolute Gasteiger partial charge is 0.0717 e. The molecule has 0 unspecified atom stereocenters. The van der Waals surface area contributed by atoms with Crippen molar-refractivity contribution in [2.45, 2.75) is 58.6 Å². The van der Waals surface area contributed by atoms with Crippen LogP contribution in [-0.2, 0) is 17.9 Å². The minimum Gasteiger partial charge on any atom is -0.376 e. The van der Waals surface area contributed by atoms with Crippen LogP contribution in [0.1, 0.15) is 56.6 Å². The molecule has 0 bridgehead atoms. The second-order valence-corrected chi connectivity index (χ2v) is 6.02. The largest absolute Gasteiger partial charge is 0.376 e. The number of benzene rings is 1. The van der Waals surface area contributed by atoms with Gasteiger partial charge in [0, 0.05) is 13.2 Å². The first-order valence-electron chi connectivity index (χ1n) is 8.24. The Bertz CT molecular complexity index is 371. The quantitative estimate of drug-likeness (QED) is 0.715. The van der Waals surface area contributed by atoms with Gasteiger partial charge in [0.1, 0.15) is 0 Å². The van der Waals surface area contributed by atoms with Gasteiger partial charge < -0.3 is 10.1 Å². The van der Waals surface area contributed by atoms with Gasteiger partial charge in [-0.25, -0.2) is 0 Å². The molecule has 0 atom stereocenters. The average molecular weight is 275 g/mol. The van der Waals surface area contributed by atoms with E-state index in [1.165, 1.54) is 49.7 Å². The molecule has 2 heteroatoms. The van der Waals surface area contributed by atoms with E-state index in [1.807, 2.05) is 0 Å². The fourth-order valence-electron chi connectivity index (χ4n) is 2.94. The average Bonchev–Trinajstić information content (AvgIpc) is 2.49. The van der Waals surface area contributed by atoms with Crippen molar-refractivity contribution in [1.82, 2.24) is 5.32 Å². The molecule has 1 aromatic rings. The lowest BCUT2D eigenvalue weighted by molar-refractivity contribution is 0.0739. The Morgan fingerprint density at radius 1 is 1.15 bits per heavy atom. The lowest BCUT2D eigenvalue weighted by Crippen LogP contribution is -2.14. The van der Waals surface area contributed by atoms with Crippen LogP contribution in [0, 0.1) is 5.92 Å². The molecule has 0 radical (unpaired) electrons. The molecule has 0 spiro atoms. The van der Waals surface area contributed by atoms with E-state index in [-0.39, 0.29) is 0 Å². The summed E-state index contributed by atoms with van der Waals surface area (Å²) in [6.07, 6.45) is 8.12. The number of rotatable bonds is 8. The zero-order valence-electron chi connectivity index (χ0n) is 12.9. The summed E-state index contributed by atoms with van der Waals surface area (Å²) in [7, 11) is 0. The van der Waals surface area contributed by atoms with Crippen LogP contribution in [0.4, 0.5) is 0 Å². The molecule has 1 aliphatic carbocycles. The van der Waals surface area contributed by atoms with Crippen LogP contribution < -0.4 is 5.32 Å². The molecule has 1 aliphatic rings. The van der Waals surface area contributed by atoms with E-state index in [1.54, 1.807) is 0 Å². The van der Waals surface area contributed by atoms with E-state index in [9.17, 15) is 0 Å². The lowest BCUT2D eigenvalue weighted by atomic mass is 9.90. The van der Waals surface area contributed by atoms with E-state index >= 15 is 0 Å². The van der Waals surface area contributed by atoms with Gasteiger partial charge in [-0.15, -0.1) is 0 Å². The first-order valence-corrected chi connectivity index (χ1v) is 8.24. The highest BCUT2D eigenvalue weighted by molar-refractivity contribution is 5.22. The van der Waals surface area contributed by atoms with Crippen molar-refractivity contribution >= 4 is 0 Å². The Morgan fingerprint density at radius 2 is 1.95 bits per heavy atom. The molecule has 0 saturated heterocycles. The molecule has 1 saturated carbocycles. The van der Waals surface area contributed by atoms with Gasteiger partial charge in [-0.1, -0.05) is 50.5 Å². The molecule has 1 fully saturated rings. The van der Waals surface area contributed by atoms with E-state index in [4.69, 9.17) is 4.74 Å². The highest BCUT2D eigenvalue weighted by Crippen LogP contribution is 2.24. The Kier molecular flexibility index (Phi) is 7.10. The number of nitrogens with one attached hydrogen (secondary N) is 1. The third kappa shape index (κ3) is 5.64. The van der Waals surface area contributed by atoms with E-state index in [0.717, 1.165) is 32.2 Å². The van der Waals surface area contributed by atoms with Crippen LogP contribution in [0.2, 0.25) is 0 Å². The molecular formula is C18H29NO. The number of ether oxygens (including phenoxy) is 1. The summed E-state index contributed by atoms with van der Waals surface area (Å²) in [4.78, 5) is 0. The normalized spacial score (nSPS) is 16.4. The predicted octanol–water partition coefficient (Wildman–Crippen LogP) is 4.28. The first-order chi connectivity index (χ1) is 9.88. The van der Waals surface area contributed by atoms with Crippen molar-refractivity contribution in [3.8, 4) is 0 Å². The second kappa shape index (κ2) is 9.15.